The summed E-state index contributed by atoms with van der Waals surface area (Å²) in [6.45, 7) is 9.04. The molecule has 0 bridgehead atoms. The lowest BCUT2D eigenvalue weighted by Gasteiger charge is -2.38. The summed E-state index contributed by atoms with van der Waals surface area (Å²) >= 11 is 0. The number of nitrogens with zero attached hydrogens (tertiary/aromatic N) is 3. The molecule has 0 aliphatic carbocycles. The monoisotopic (exact) mass is 384 g/mol. The zero-order valence-electron chi connectivity index (χ0n) is 16.8. The molecule has 1 N–H and O–H groups in total. The maximum atomic E-state index is 5.90. The first-order valence-electron chi connectivity index (χ1n) is 9.94. The van der Waals surface area contributed by atoms with Gasteiger partial charge in [-0.25, -0.2) is 9.97 Å². The summed E-state index contributed by atoms with van der Waals surface area (Å²) in [5, 5.41) is 3.39. The van der Waals surface area contributed by atoms with Gasteiger partial charge in [0.1, 0.15) is 23.2 Å². The average molecular weight is 384 g/mol. The summed E-state index contributed by atoms with van der Waals surface area (Å²) in [6, 6.07) is 9.90. The van der Waals surface area contributed by atoms with Crippen molar-refractivity contribution in [1.82, 2.24) is 9.97 Å². The summed E-state index contributed by atoms with van der Waals surface area (Å²) in [5.74, 6) is 2.84. The molecule has 1 aromatic heterocycles. The van der Waals surface area contributed by atoms with Crippen LogP contribution in [0.2, 0.25) is 0 Å². The Hall–Kier alpha value is -2.38. The first-order valence-corrected chi connectivity index (χ1v) is 9.94. The number of anilines is 3. The van der Waals surface area contributed by atoms with E-state index in [2.05, 4.69) is 20.2 Å². The van der Waals surface area contributed by atoms with E-state index in [1.807, 2.05) is 51.1 Å². The molecular formula is C21H28N4O3. The van der Waals surface area contributed by atoms with Crippen molar-refractivity contribution in [2.45, 2.75) is 45.5 Å². The molecule has 2 saturated heterocycles. The van der Waals surface area contributed by atoms with Crippen molar-refractivity contribution >= 4 is 17.3 Å². The molecule has 4 rings (SSSR count). The Morgan fingerprint density at radius 3 is 2.54 bits per heavy atom. The Balaban J connectivity index is 1.51. The molecule has 0 unspecified atom stereocenters. The number of nitrogens with one attached hydrogen (secondary N) is 1. The van der Waals surface area contributed by atoms with Gasteiger partial charge in [-0.2, -0.15) is 0 Å². The SMILES string of the molecule is Cc1nc(Nc2ccccc2OC(C)C)cc(N2CCC3(CC2)OCCO3)n1. The Morgan fingerprint density at radius 2 is 1.82 bits per heavy atom. The lowest BCUT2D eigenvalue weighted by molar-refractivity contribution is -0.169. The normalized spacial score (nSPS) is 18.6. The molecule has 2 aliphatic heterocycles. The maximum Gasteiger partial charge on any atom is 0.171 e. The predicted octanol–water partition coefficient (Wildman–Crippen LogP) is 3.66. The quantitative estimate of drug-likeness (QED) is 0.844. The molecule has 0 atom stereocenters. The minimum atomic E-state index is -0.382. The van der Waals surface area contributed by atoms with Gasteiger partial charge in [0.05, 0.1) is 25.0 Å². The molecule has 1 spiro atoms. The van der Waals surface area contributed by atoms with Crippen molar-refractivity contribution in [3.05, 3.63) is 36.2 Å². The van der Waals surface area contributed by atoms with Crippen molar-refractivity contribution in [2.24, 2.45) is 0 Å². The van der Waals surface area contributed by atoms with Gasteiger partial charge in [-0.05, 0) is 32.9 Å². The van der Waals surface area contributed by atoms with Gasteiger partial charge in [-0.3, -0.25) is 0 Å². The Labute approximate surface area is 166 Å². The minimum Gasteiger partial charge on any atom is -0.489 e. The van der Waals surface area contributed by atoms with Crippen molar-refractivity contribution in [3.63, 3.8) is 0 Å². The molecule has 1 aromatic carbocycles. The Bertz CT molecular complexity index is 811. The van der Waals surface area contributed by atoms with E-state index in [1.54, 1.807) is 0 Å². The van der Waals surface area contributed by atoms with E-state index in [0.717, 1.165) is 54.8 Å². The molecule has 3 heterocycles. The van der Waals surface area contributed by atoms with Gasteiger partial charge in [-0.1, -0.05) is 12.1 Å². The van der Waals surface area contributed by atoms with Crippen molar-refractivity contribution in [2.75, 3.05) is 36.5 Å². The van der Waals surface area contributed by atoms with Crippen LogP contribution in [0.5, 0.6) is 5.75 Å². The minimum absolute atomic E-state index is 0.103. The summed E-state index contributed by atoms with van der Waals surface area (Å²) < 4.78 is 17.6. The number of aryl methyl sites for hydroxylation is 1. The van der Waals surface area contributed by atoms with Gasteiger partial charge in [0.2, 0.25) is 0 Å². The van der Waals surface area contributed by atoms with Crippen LogP contribution in [0, 0.1) is 6.92 Å². The van der Waals surface area contributed by atoms with Crippen molar-refractivity contribution in [3.8, 4) is 5.75 Å². The first kappa shape index (κ1) is 19.0. The number of rotatable bonds is 5. The van der Waals surface area contributed by atoms with Gasteiger partial charge in [-0.15, -0.1) is 0 Å². The number of aromatic nitrogens is 2. The first-order chi connectivity index (χ1) is 13.5. The number of piperidine rings is 1. The van der Waals surface area contributed by atoms with Gasteiger partial charge >= 0.3 is 0 Å². The number of ether oxygens (including phenoxy) is 3. The molecule has 2 aliphatic rings. The van der Waals surface area contributed by atoms with Gasteiger partial charge in [0, 0.05) is 32.0 Å². The van der Waals surface area contributed by atoms with E-state index < -0.39 is 0 Å². The topological polar surface area (TPSA) is 68.7 Å². The average Bonchev–Trinajstić information content (AvgIpc) is 3.11. The Kier molecular flexibility index (Phi) is 5.37. The fourth-order valence-electron chi connectivity index (χ4n) is 3.70. The van der Waals surface area contributed by atoms with Crippen LogP contribution in [0.1, 0.15) is 32.5 Å². The second kappa shape index (κ2) is 7.93. The molecule has 0 saturated carbocycles. The van der Waals surface area contributed by atoms with Crippen LogP contribution in [0.25, 0.3) is 0 Å². The zero-order chi connectivity index (χ0) is 19.6. The number of hydrogen-bond donors (Lipinski definition) is 1. The molecule has 0 radical (unpaired) electrons. The van der Waals surface area contributed by atoms with Crippen molar-refractivity contribution < 1.29 is 14.2 Å². The molecule has 7 nitrogen and oxygen atoms in total. The summed E-state index contributed by atoms with van der Waals surface area (Å²) in [6.07, 6.45) is 1.81. The Morgan fingerprint density at radius 1 is 1.11 bits per heavy atom. The molecule has 7 heteroatoms. The molecular weight excluding hydrogens is 356 g/mol. The van der Waals surface area contributed by atoms with Crippen LogP contribution in [-0.2, 0) is 9.47 Å². The van der Waals surface area contributed by atoms with Gasteiger partial charge in [0.15, 0.2) is 5.79 Å². The van der Waals surface area contributed by atoms with Crippen LogP contribution in [0.15, 0.2) is 30.3 Å². The zero-order valence-corrected chi connectivity index (χ0v) is 16.8. The van der Waals surface area contributed by atoms with E-state index in [1.165, 1.54) is 0 Å². The number of para-hydroxylation sites is 2. The van der Waals surface area contributed by atoms with Gasteiger partial charge in [0.25, 0.3) is 0 Å². The van der Waals surface area contributed by atoms with E-state index in [0.29, 0.717) is 13.2 Å². The third-order valence-electron chi connectivity index (χ3n) is 5.00. The van der Waals surface area contributed by atoms with Crippen LogP contribution in [0.3, 0.4) is 0 Å². The van der Waals surface area contributed by atoms with Crippen LogP contribution in [-0.4, -0.2) is 48.2 Å². The standard InChI is InChI=1S/C21H28N4O3/c1-15(2)28-18-7-5-4-6-17(18)24-19-14-20(23-16(3)22-19)25-10-8-21(9-11-25)26-12-13-27-21/h4-7,14-15H,8-13H2,1-3H3,(H,22,23,24). The van der Waals surface area contributed by atoms with E-state index in [9.17, 15) is 0 Å². The highest BCUT2D eigenvalue weighted by atomic mass is 16.7. The third-order valence-corrected chi connectivity index (χ3v) is 5.00. The molecule has 2 aromatic rings. The summed E-state index contributed by atoms with van der Waals surface area (Å²) in [7, 11) is 0. The van der Waals surface area contributed by atoms with Crippen LogP contribution < -0.4 is 15.0 Å². The second-order valence-electron chi connectivity index (χ2n) is 7.54. The largest absolute Gasteiger partial charge is 0.489 e. The van der Waals surface area contributed by atoms with Crippen molar-refractivity contribution in [1.29, 1.82) is 0 Å². The number of hydrogen-bond acceptors (Lipinski definition) is 7. The summed E-state index contributed by atoms with van der Waals surface area (Å²) in [4.78, 5) is 11.5. The number of benzene rings is 1. The van der Waals surface area contributed by atoms with E-state index in [4.69, 9.17) is 14.2 Å². The highest BCUT2D eigenvalue weighted by Gasteiger charge is 2.40. The molecule has 28 heavy (non-hydrogen) atoms. The van der Waals surface area contributed by atoms with Gasteiger partial charge < -0.3 is 24.4 Å². The van der Waals surface area contributed by atoms with Crippen LogP contribution >= 0.6 is 0 Å². The molecule has 0 amide bonds. The third kappa shape index (κ3) is 4.20. The fourth-order valence-corrected chi connectivity index (χ4v) is 3.70. The van der Waals surface area contributed by atoms with E-state index in [-0.39, 0.29) is 11.9 Å². The molecule has 2 fully saturated rings. The highest BCUT2D eigenvalue weighted by Crippen LogP contribution is 2.34. The fraction of sp³-hybridized carbons (Fsp3) is 0.524. The maximum absolute atomic E-state index is 5.90. The second-order valence-corrected chi connectivity index (χ2v) is 7.54. The lowest BCUT2D eigenvalue weighted by Crippen LogP contribution is -2.45. The van der Waals surface area contributed by atoms with E-state index >= 15 is 0 Å². The predicted molar refractivity (Wildman–Crippen MR) is 108 cm³/mol. The van der Waals surface area contributed by atoms with Crippen LogP contribution in [0.4, 0.5) is 17.3 Å². The smallest absolute Gasteiger partial charge is 0.171 e. The molecule has 150 valence electrons. The lowest BCUT2D eigenvalue weighted by atomic mass is 10.0. The summed E-state index contributed by atoms with van der Waals surface area (Å²) in [5.41, 5.74) is 0.894. The highest BCUT2D eigenvalue weighted by molar-refractivity contribution is 5.65.